The number of Topliss-reactive ketones (excluding diaryl/α,β-unsaturated/α-hetero) is 1. The molecular weight excluding hydrogens is 408 g/mol. The molecule has 0 atom stereocenters. The summed E-state index contributed by atoms with van der Waals surface area (Å²) in [6.07, 6.45) is 0. The molecule has 10 nitrogen and oxygen atoms in total. The van der Waals surface area contributed by atoms with Crippen LogP contribution in [0.4, 0.5) is 11.4 Å². The number of hydrazone groups is 1. The Labute approximate surface area is 176 Å². The van der Waals surface area contributed by atoms with E-state index in [1.807, 2.05) is 24.3 Å². The largest absolute Gasteiger partial charge is 0.497 e. The topological polar surface area (TPSA) is 125 Å². The summed E-state index contributed by atoms with van der Waals surface area (Å²) in [5.41, 5.74) is 3.47. The number of carbonyl (C=O) groups is 1. The van der Waals surface area contributed by atoms with Gasteiger partial charge >= 0.3 is 0 Å². The summed E-state index contributed by atoms with van der Waals surface area (Å²) in [4.78, 5) is 22.7. The fraction of sp³-hybridized carbons (Fsp3) is 0.158. The molecule has 0 aliphatic rings. The number of anilines is 1. The smallest absolute Gasteiger partial charge is 0.294 e. The standard InChI is InChI=1S/C19H18N6O4S/c1-12(26)18(22-20-15-6-4-5-7-16(15)25(27)28)30-19-23-21-17(24(19)2)13-8-10-14(29-3)11-9-13/h4-11,20H,1-3H3/b22-18-. The second-order valence-corrected chi connectivity index (χ2v) is 7.01. The van der Waals surface area contributed by atoms with Crippen LogP contribution in [0.25, 0.3) is 11.4 Å². The van der Waals surface area contributed by atoms with E-state index in [0.29, 0.717) is 11.0 Å². The molecule has 1 aromatic heterocycles. The zero-order valence-electron chi connectivity index (χ0n) is 16.4. The maximum Gasteiger partial charge on any atom is 0.294 e. The molecule has 0 aliphatic heterocycles. The van der Waals surface area contributed by atoms with Crippen LogP contribution in [0.2, 0.25) is 0 Å². The van der Waals surface area contributed by atoms with Crippen LogP contribution in [0.5, 0.6) is 5.75 Å². The van der Waals surface area contributed by atoms with Crippen molar-refractivity contribution < 1.29 is 14.5 Å². The number of ketones is 1. The van der Waals surface area contributed by atoms with Gasteiger partial charge in [-0.15, -0.1) is 10.2 Å². The molecule has 0 aliphatic carbocycles. The van der Waals surface area contributed by atoms with Gasteiger partial charge in [-0.2, -0.15) is 5.10 Å². The third-order valence-corrected chi connectivity index (χ3v) is 5.16. The normalized spacial score (nSPS) is 11.2. The molecule has 0 fully saturated rings. The quantitative estimate of drug-likeness (QED) is 0.200. The van der Waals surface area contributed by atoms with Gasteiger partial charge in [-0.25, -0.2) is 0 Å². The number of nitrogens with zero attached hydrogens (tertiary/aromatic N) is 5. The third-order valence-electron chi connectivity index (χ3n) is 4.05. The zero-order chi connectivity index (χ0) is 21.7. The lowest BCUT2D eigenvalue weighted by Crippen LogP contribution is -2.10. The van der Waals surface area contributed by atoms with Crippen molar-refractivity contribution in [1.82, 2.24) is 14.8 Å². The second kappa shape index (κ2) is 9.18. The van der Waals surface area contributed by atoms with Gasteiger partial charge in [0.25, 0.3) is 5.69 Å². The number of aromatic nitrogens is 3. The number of ether oxygens (including phenoxy) is 1. The van der Waals surface area contributed by atoms with E-state index in [0.717, 1.165) is 23.1 Å². The molecule has 0 saturated carbocycles. The Kier molecular flexibility index (Phi) is 6.42. The molecule has 1 N–H and O–H groups in total. The lowest BCUT2D eigenvalue weighted by molar-refractivity contribution is -0.384. The maximum absolute atomic E-state index is 12.1. The van der Waals surface area contributed by atoms with E-state index in [1.165, 1.54) is 19.1 Å². The number of rotatable bonds is 7. The van der Waals surface area contributed by atoms with E-state index in [1.54, 1.807) is 30.9 Å². The van der Waals surface area contributed by atoms with Crippen molar-refractivity contribution >= 4 is 34.0 Å². The van der Waals surface area contributed by atoms with Crippen molar-refractivity contribution in [1.29, 1.82) is 0 Å². The Bertz CT molecular complexity index is 1110. The average Bonchev–Trinajstić information content (AvgIpc) is 3.11. The number of para-hydroxylation sites is 2. The SMILES string of the molecule is COc1ccc(-c2nnc(S/C(=N\Nc3ccccc3[N+](=O)[O-])C(C)=O)n2C)cc1. The summed E-state index contributed by atoms with van der Waals surface area (Å²) in [5, 5.41) is 24.0. The van der Waals surface area contributed by atoms with Crippen LogP contribution in [0, 0.1) is 10.1 Å². The molecule has 0 bridgehead atoms. The van der Waals surface area contributed by atoms with E-state index in [9.17, 15) is 14.9 Å². The van der Waals surface area contributed by atoms with Crippen LogP contribution < -0.4 is 10.2 Å². The van der Waals surface area contributed by atoms with Crippen LogP contribution in [-0.4, -0.2) is 37.6 Å². The Morgan fingerprint density at radius 3 is 2.53 bits per heavy atom. The zero-order valence-corrected chi connectivity index (χ0v) is 17.2. The number of hydrogen-bond donors (Lipinski definition) is 1. The Balaban J connectivity index is 1.84. The van der Waals surface area contributed by atoms with Crippen LogP contribution in [0.1, 0.15) is 6.92 Å². The van der Waals surface area contributed by atoms with E-state index in [4.69, 9.17) is 4.74 Å². The molecular formula is C19H18N6O4S. The lowest BCUT2D eigenvalue weighted by atomic mass is 10.2. The highest BCUT2D eigenvalue weighted by Gasteiger charge is 2.18. The highest BCUT2D eigenvalue weighted by Crippen LogP contribution is 2.27. The summed E-state index contributed by atoms with van der Waals surface area (Å²) >= 11 is 1.01. The van der Waals surface area contributed by atoms with Gasteiger partial charge in [0.15, 0.2) is 21.8 Å². The fourth-order valence-corrected chi connectivity index (χ4v) is 3.21. The third kappa shape index (κ3) is 4.63. The van der Waals surface area contributed by atoms with Crippen molar-refractivity contribution in [2.24, 2.45) is 12.1 Å². The molecule has 154 valence electrons. The van der Waals surface area contributed by atoms with Gasteiger partial charge in [0.1, 0.15) is 11.4 Å². The predicted octanol–water partition coefficient (Wildman–Crippen LogP) is 3.51. The summed E-state index contributed by atoms with van der Waals surface area (Å²) in [6, 6.07) is 13.4. The Morgan fingerprint density at radius 2 is 1.90 bits per heavy atom. The van der Waals surface area contributed by atoms with E-state index >= 15 is 0 Å². The Morgan fingerprint density at radius 1 is 1.20 bits per heavy atom. The molecule has 0 spiro atoms. The summed E-state index contributed by atoms with van der Waals surface area (Å²) in [6.45, 7) is 1.35. The molecule has 0 saturated heterocycles. The van der Waals surface area contributed by atoms with Crippen molar-refractivity contribution in [3.05, 3.63) is 58.6 Å². The van der Waals surface area contributed by atoms with Gasteiger partial charge in [0.05, 0.1) is 12.0 Å². The van der Waals surface area contributed by atoms with Crippen molar-refractivity contribution in [3.63, 3.8) is 0 Å². The van der Waals surface area contributed by atoms with Gasteiger partial charge in [-0.3, -0.25) is 20.3 Å². The lowest BCUT2D eigenvalue weighted by Gasteiger charge is -2.06. The van der Waals surface area contributed by atoms with Crippen LogP contribution in [0.3, 0.4) is 0 Å². The van der Waals surface area contributed by atoms with E-state index in [-0.39, 0.29) is 22.2 Å². The molecule has 11 heteroatoms. The summed E-state index contributed by atoms with van der Waals surface area (Å²) in [5.74, 6) is 1.01. The highest BCUT2D eigenvalue weighted by molar-refractivity contribution is 8.15. The number of nitro groups is 1. The van der Waals surface area contributed by atoms with E-state index < -0.39 is 4.92 Å². The summed E-state index contributed by atoms with van der Waals surface area (Å²) < 4.78 is 6.89. The minimum absolute atomic E-state index is 0.0879. The first-order chi connectivity index (χ1) is 14.4. The van der Waals surface area contributed by atoms with Crippen molar-refractivity contribution in [2.45, 2.75) is 12.1 Å². The number of nitro benzene ring substituents is 1. The van der Waals surface area contributed by atoms with Gasteiger partial charge in [-0.05, 0) is 42.1 Å². The molecule has 0 unspecified atom stereocenters. The van der Waals surface area contributed by atoms with Crippen LogP contribution >= 0.6 is 11.8 Å². The molecule has 0 radical (unpaired) electrons. The molecule has 3 aromatic rings. The maximum atomic E-state index is 12.1. The Hall–Kier alpha value is -3.73. The number of thioether (sulfide) groups is 1. The van der Waals surface area contributed by atoms with Crippen molar-refractivity contribution in [3.8, 4) is 17.1 Å². The average molecular weight is 426 g/mol. The predicted molar refractivity (Wildman–Crippen MR) is 114 cm³/mol. The molecule has 30 heavy (non-hydrogen) atoms. The number of benzene rings is 2. The fourth-order valence-electron chi connectivity index (χ4n) is 2.49. The molecule has 0 amide bonds. The highest BCUT2D eigenvalue weighted by atomic mass is 32.2. The first-order valence-corrected chi connectivity index (χ1v) is 9.52. The van der Waals surface area contributed by atoms with Gasteiger partial charge in [0.2, 0.25) is 0 Å². The second-order valence-electron chi connectivity index (χ2n) is 6.05. The number of carbonyl (C=O) groups excluding carboxylic acids is 1. The van der Waals surface area contributed by atoms with Gasteiger partial charge in [-0.1, -0.05) is 12.1 Å². The van der Waals surface area contributed by atoms with Gasteiger partial charge < -0.3 is 9.30 Å². The summed E-state index contributed by atoms with van der Waals surface area (Å²) in [7, 11) is 3.36. The van der Waals surface area contributed by atoms with E-state index in [2.05, 4.69) is 20.7 Å². The number of nitrogens with one attached hydrogen (secondary N) is 1. The minimum atomic E-state index is -0.526. The first-order valence-electron chi connectivity index (χ1n) is 8.70. The first kappa shape index (κ1) is 21.0. The van der Waals surface area contributed by atoms with Gasteiger partial charge in [0, 0.05) is 25.6 Å². The van der Waals surface area contributed by atoms with Crippen molar-refractivity contribution in [2.75, 3.05) is 12.5 Å². The molecule has 1 heterocycles. The minimum Gasteiger partial charge on any atom is -0.497 e. The van der Waals surface area contributed by atoms with Crippen LogP contribution in [-0.2, 0) is 11.8 Å². The number of methoxy groups -OCH3 is 1. The monoisotopic (exact) mass is 426 g/mol. The molecule has 2 aromatic carbocycles. The van der Waals surface area contributed by atoms with Crippen LogP contribution in [0.15, 0.2) is 58.8 Å². The number of hydrogen-bond acceptors (Lipinski definition) is 9. The molecule has 3 rings (SSSR count).